The van der Waals surface area contributed by atoms with Gasteiger partial charge in [0.15, 0.2) is 0 Å². The summed E-state index contributed by atoms with van der Waals surface area (Å²) in [5, 5.41) is 2.84. The number of carbonyl (C=O) groups is 2. The first-order valence-electron chi connectivity index (χ1n) is 5.96. The molecule has 0 aliphatic carbocycles. The van der Waals surface area contributed by atoms with Crippen molar-refractivity contribution in [1.29, 1.82) is 0 Å². The van der Waals surface area contributed by atoms with Crippen LogP contribution in [-0.4, -0.2) is 55.6 Å². The van der Waals surface area contributed by atoms with Crippen LogP contribution in [0.15, 0.2) is 0 Å². The fourth-order valence-corrected chi connectivity index (χ4v) is 1.94. The molecule has 17 heavy (non-hydrogen) atoms. The van der Waals surface area contributed by atoms with Crippen molar-refractivity contribution in [2.24, 2.45) is 5.73 Å². The van der Waals surface area contributed by atoms with Gasteiger partial charge in [-0.05, 0) is 12.8 Å². The van der Waals surface area contributed by atoms with E-state index in [4.69, 9.17) is 10.5 Å². The lowest BCUT2D eigenvalue weighted by molar-refractivity contribution is -0.138. The predicted octanol–water partition coefficient (Wildman–Crippen LogP) is -0.911. The normalized spacial score (nSPS) is 20.1. The highest BCUT2D eigenvalue weighted by molar-refractivity contribution is 5.78. The number of hydrogen-bond donors (Lipinski definition) is 2. The molecule has 6 heteroatoms. The lowest BCUT2D eigenvalue weighted by atomic mass is 10.1. The van der Waals surface area contributed by atoms with E-state index in [9.17, 15) is 9.59 Å². The van der Waals surface area contributed by atoms with E-state index in [1.165, 1.54) is 6.92 Å². The summed E-state index contributed by atoms with van der Waals surface area (Å²) in [6.07, 6.45) is 1.83. The Labute approximate surface area is 101 Å². The Bertz CT molecular complexity index is 271. The van der Waals surface area contributed by atoms with Crippen LogP contribution in [0.4, 0.5) is 0 Å². The number of carbonyl (C=O) groups excluding carboxylic acids is 2. The van der Waals surface area contributed by atoms with Gasteiger partial charge in [0.25, 0.3) is 0 Å². The average Bonchev–Trinajstić information content (AvgIpc) is 2.28. The minimum absolute atomic E-state index is 0.0338. The fourth-order valence-electron chi connectivity index (χ4n) is 1.94. The van der Waals surface area contributed by atoms with E-state index < -0.39 is 0 Å². The molecule has 6 nitrogen and oxygen atoms in total. The topological polar surface area (TPSA) is 84.7 Å². The van der Waals surface area contributed by atoms with Gasteiger partial charge in [-0.2, -0.15) is 0 Å². The second-order valence-corrected chi connectivity index (χ2v) is 4.22. The van der Waals surface area contributed by atoms with Crippen LogP contribution >= 0.6 is 0 Å². The molecule has 0 spiro atoms. The third-order valence-corrected chi connectivity index (χ3v) is 2.67. The molecule has 1 aliphatic rings. The minimum atomic E-state index is -0.0521. The summed E-state index contributed by atoms with van der Waals surface area (Å²) in [4.78, 5) is 24.4. The SMILES string of the molecule is CC(=O)NC1CCCN(C(=O)COCCN)C1. The smallest absolute Gasteiger partial charge is 0.248 e. The highest BCUT2D eigenvalue weighted by Gasteiger charge is 2.23. The van der Waals surface area contributed by atoms with Gasteiger partial charge < -0.3 is 20.7 Å². The number of amides is 2. The Balaban J connectivity index is 2.32. The number of rotatable bonds is 5. The largest absolute Gasteiger partial charge is 0.370 e. The van der Waals surface area contributed by atoms with Gasteiger partial charge in [-0.15, -0.1) is 0 Å². The molecule has 0 saturated carbocycles. The number of nitrogens with one attached hydrogen (secondary N) is 1. The molecular formula is C11H21N3O3. The van der Waals surface area contributed by atoms with Gasteiger partial charge in [-0.25, -0.2) is 0 Å². The van der Waals surface area contributed by atoms with Crippen LogP contribution in [0.25, 0.3) is 0 Å². The summed E-state index contributed by atoms with van der Waals surface area (Å²) in [5.41, 5.74) is 5.27. The summed E-state index contributed by atoms with van der Waals surface area (Å²) in [6.45, 7) is 3.69. The summed E-state index contributed by atoms with van der Waals surface area (Å²) in [7, 11) is 0. The third-order valence-electron chi connectivity index (χ3n) is 2.67. The van der Waals surface area contributed by atoms with E-state index >= 15 is 0 Å². The summed E-state index contributed by atoms with van der Waals surface area (Å²) < 4.78 is 5.11. The number of ether oxygens (including phenoxy) is 1. The lowest BCUT2D eigenvalue weighted by Crippen LogP contribution is -2.50. The Morgan fingerprint density at radius 1 is 1.53 bits per heavy atom. The van der Waals surface area contributed by atoms with Crippen molar-refractivity contribution in [3.63, 3.8) is 0 Å². The van der Waals surface area contributed by atoms with Gasteiger partial charge in [0.1, 0.15) is 6.61 Å². The molecule has 1 unspecified atom stereocenters. The van der Waals surface area contributed by atoms with Crippen molar-refractivity contribution in [3.8, 4) is 0 Å². The molecular weight excluding hydrogens is 222 g/mol. The standard InChI is InChI=1S/C11H21N3O3/c1-9(15)13-10-3-2-5-14(7-10)11(16)8-17-6-4-12/h10H,2-8,12H2,1H3,(H,13,15). The number of hydrogen-bond acceptors (Lipinski definition) is 4. The molecule has 98 valence electrons. The van der Waals surface area contributed by atoms with Gasteiger partial charge in [0.05, 0.1) is 6.61 Å². The zero-order chi connectivity index (χ0) is 12.7. The third kappa shape index (κ3) is 5.14. The molecule has 1 heterocycles. The van der Waals surface area contributed by atoms with Crippen LogP contribution < -0.4 is 11.1 Å². The number of piperidine rings is 1. The predicted molar refractivity (Wildman–Crippen MR) is 63.3 cm³/mol. The molecule has 0 radical (unpaired) electrons. The summed E-state index contributed by atoms with van der Waals surface area (Å²) >= 11 is 0. The molecule has 1 rings (SSSR count). The number of nitrogens with two attached hydrogens (primary N) is 1. The van der Waals surface area contributed by atoms with Gasteiger partial charge in [-0.1, -0.05) is 0 Å². The quantitative estimate of drug-likeness (QED) is 0.612. The van der Waals surface area contributed by atoms with Crippen molar-refractivity contribution < 1.29 is 14.3 Å². The van der Waals surface area contributed by atoms with E-state index in [1.54, 1.807) is 4.90 Å². The van der Waals surface area contributed by atoms with E-state index in [0.717, 1.165) is 19.4 Å². The van der Waals surface area contributed by atoms with Crippen LogP contribution in [0.5, 0.6) is 0 Å². The summed E-state index contributed by atoms with van der Waals surface area (Å²) in [6, 6.07) is 0.0692. The van der Waals surface area contributed by atoms with E-state index in [-0.39, 0.29) is 24.5 Å². The van der Waals surface area contributed by atoms with Crippen molar-refractivity contribution >= 4 is 11.8 Å². The minimum Gasteiger partial charge on any atom is -0.370 e. The van der Waals surface area contributed by atoms with Crippen molar-refractivity contribution in [3.05, 3.63) is 0 Å². The highest BCUT2D eigenvalue weighted by atomic mass is 16.5. The molecule has 0 aromatic heterocycles. The second kappa shape index (κ2) is 7.24. The van der Waals surface area contributed by atoms with Gasteiger partial charge in [0.2, 0.25) is 11.8 Å². The molecule has 1 fully saturated rings. The van der Waals surface area contributed by atoms with Gasteiger partial charge >= 0.3 is 0 Å². The van der Waals surface area contributed by atoms with E-state index in [1.807, 2.05) is 0 Å². The maximum atomic E-state index is 11.8. The van der Waals surface area contributed by atoms with Gasteiger partial charge in [0, 0.05) is 32.6 Å². The maximum absolute atomic E-state index is 11.8. The Morgan fingerprint density at radius 2 is 2.29 bits per heavy atom. The van der Waals surface area contributed by atoms with E-state index in [0.29, 0.717) is 19.7 Å². The number of likely N-dealkylation sites (tertiary alicyclic amines) is 1. The molecule has 1 atom stereocenters. The van der Waals surface area contributed by atoms with Crippen LogP contribution in [0, 0.1) is 0 Å². The molecule has 0 aromatic rings. The summed E-state index contributed by atoms with van der Waals surface area (Å²) in [5.74, 6) is -0.0859. The van der Waals surface area contributed by atoms with Crippen LogP contribution in [-0.2, 0) is 14.3 Å². The number of nitrogens with zero attached hydrogens (tertiary/aromatic N) is 1. The first kappa shape index (κ1) is 13.9. The highest BCUT2D eigenvalue weighted by Crippen LogP contribution is 2.10. The zero-order valence-electron chi connectivity index (χ0n) is 10.3. The molecule has 3 N–H and O–H groups in total. The van der Waals surface area contributed by atoms with Crippen molar-refractivity contribution in [1.82, 2.24) is 10.2 Å². The van der Waals surface area contributed by atoms with E-state index in [2.05, 4.69) is 5.32 Å². The second-order valence-electron chi connectivity index (χ2n) is 4.22. The first-order chi connectivity index (χ1) is 8.13. The van der Waals surface area contributed by atoms with Crippen molar-refractivity contribution in [2.45, 2.75) is 25.8 Å². The molecule has 2 amide bonds. The Morgan fingerprint density at radius 3 is 2.94 bits per heavy atom. The Hall–Kier alpha value is -1.14. The molecule has 0 bridgehead atoms. The first-order valence-corrected chi connectivity index (χ1v) is 5.96. The van der Waals surface area contributed by atoms with Crippen LogP contribution in [0.2, 0.25) is 0 Å². The monoisotopic (exact) mass is 243 g/mol. The lowest BCUT2D eigenvalue weighted by Gasteiger charge is -2.32. The molecule has 1 saturated heterocycles. The maximum Gasteiger partial charge on any atom is 0.248 e. The van der Waals surface area contributed by atoms with Gasteiger partial charge in [-0.3, -0.25) is 9.59 Å². The molecule has 1 aliphatic heterocycles. The average molecular weight is 243 g/mol. The van der Waals surface area contributed by atoms with Crippen molar-refractivity contribution in [2.75, 3.05) is 32.8 Å². The van der Waals surface area contributed by atoms with Crippen LogP contribution in [0.3, 0.4) is 0 Å². The molecule has 0 aromatic carbocycles. The van der Waals surface area contributed by atoms with Crippen LogP contribution in [0.1, 0.15) is 19.8 Å². The Kier molecular flexibility index (Phi) is 5.93. The zero-order valence-corrected chi connectivity index (χ0v) is 10.3. The fraction of sp³-hybridized carbons (Fsp3) is 0.818.